The maximum absolute atomic E-state index is 2.49. The van der Waals surface area contributed by atoms with E-state index in [9.17, 15) is 0 Å². The minimum Gasteiger partial charge on any atom is -0.310 e. The highest BCUT2D eigenvalue weighted by atomic mass is 15.2. The number of nitrogens with zero attached hydrogens (tertiary/aromatic N) is 3. The molecule has 454 valence electrons. The highest BCUT2D eigenvalue weighted by Gasteiger charge is 2.48. The van der Waals surface area contributed by atoms with E-state index in [0.29, 0.717) is 0 Å². The first-order valence-electron chi connectivity index (χ1n) is 33.6. The molecule has 16 aromatic carbocycles. The molecule has 0 unspecified atom stereocenters. The molecule has 3 nitrogen and oxygen atoms in total. The average Bonchev–Trinajstić information content (AvgIpc) is 1.65. The summed E-state index contributed by atoms with van der Waals surface area (Å²) < 4.78 is 2.49. The van der Waals surface area contributed by atoms with E-state index in [1.165, 1.54) is 105 Å². The van der Waals surface area contributed by atoms with Gasteiger partial charge in [0.25, 0.3) is 0 Å². The fraction of sp³-hybridized carbons (Fsp3) is 0.0213. The lowest BCUT2D eigenvalue weighted by molar-refractivity contribution is 0.768. The second-order valence-electron chi connectivity index (χ2n) is 25.8. The summed E-state index contributed by atoms with van der Waals surface area (Å²) in [6, 6.07) is 142. The van der Waals surface area contributed by atoms with Crippen molar-refractivity contribution in [2.75, 3.05) is 9.80 Å². The molecule has 0 bridgehead atoms. The highest BCUT2D eigenvalue weighted by molar-refractivity contribution is 6.32. The van der Waals surface area contributed by atoms with Crippen LogP contribution in [-0.4, -0.2) is 4.57 Å². The summed E-state index contributed by atoms with van der Waals surface area (Å²) in [7, 11) is 0. The van der Waals surface area contributed by atoms with Crippen LogP contribution < -0.4 is 9.80 Å². The van der Waals surface area contributed by atoms with Gasteiger partial charge in [0, 0.05) is 56.0 Å². The molecule has 19 rings (SSSR count). The summed E-state index contributed by atoms with van der Waals surface area (Å²) in [6.07, 6.45) is 0. The van der Waals surface area contributed by atoms with E-state index in [1.54, 1.807) is 0 Å². The maximum Gasteiger partial charge on any atom is 0.0714 e. The fourth-order valence-corrected chi connectivity index (χ4v) is 16.9. The Hall–Kier alpha value is -12.6. The van der Waals surface area contributed by atoms with Crippen LogP contribution in [0, 0.1) is 0 Å². The topological polar surface area (TPSA) is 11.4 Å². The fourth-order valence-electron chi connectivity index (χ4n) is 16.9. The number of rotatable bonds is 12. The van der Waals surface area contributed by atoms with Gasteiger partial charge < -0.3 is 14.4 Å². The summed E-state index contributed by atoms with van der Waals surface area (Å²) in [6.45, 7) is 0. The van der Waals surface area contributed by atoms with Gasteiger partial charge in [0.15, 0.2) is 0 Å². The van der Waals surface area contributed by atoms with Gasteiger partial charge in [-0.25, -0.2) is 0 Å². The molecule has 17 aromatic rings. The number of anilines is 6. The van der Waals surface area contributed by atoms with Crippen molar-refractivity contribution < 1.29 is 0 Å². The van der Waals surface area contributed by atoms with Gasteiger partial charge in [-0.1, -0.05) is 291 Å². The summed E-state index contributed by atoms with van der Waals surface area (Å²) in [5, 5.41) is 7.37. The van der Waals surface area contributed by atoms with E-state index >= 15 is 0 Å². The Morgan fingerprint density at radius 3 is 1.05 bits per heavy atom. The molecule has 0 aliphatic heterocycles. The SMILES string of the molecule is c1ccc(N(c2cc(-c3ccc4c(c3)c3c5ccccc5c5ccccc5c3n4-c3ccccc3)cc(N(c3ccccc3)c3ccc4c(c3)C(c3ccccc3)(c3ccccc3)c3ccccc3-4)c2)c2ccc3c(c2)C(c2ccccc2)(c2ccccc2)c2ccccc2-3)cc1. The first-order valence-corrected chi connectivity index (χ1v) is 33.6. The third kappa shape index (κ3) is 8.55. The van der Waals surface area contributed by atoms with Crippen molar-refractivity contribution in [3.05, 3.63) is 427 Å². The van der Waals surface area contributed by atoms with Gasteiger partial charge in [-0.15, -0.1) is 0 Å². The Bertz CT molecular complexity index is 5540. The van der Waals surface area contributed by atoms with E-state index in [2.05, 4.69) is 397 Å². The molecule has 0 fully saturated rings. The lowest BCUT2D eigenvalue weighted by Crippen LogP contribution is -2.28. The zero-order chi connectivity index (χ0) is 64.0. The quantitative estimate of drug-likeness (QED) is 0.113. The molecule has 0 saturated carbocycles. The number of fused-ring (bicyclic) bond motifs is 14. The number of hydrogen-bond donors (Lipinski definition) is 0. The van der Waals surface area contributed by atoms with Crippen molar-refractivity contribution in [2.24, 2.45) is 0 Å². The molecule has 2 aliphatic carbocycles. The van der Waals surface area contributed by atoms with Crippen molar-refractivity contribution in [1.29, 1.82) is 0 Å². The van der Waals surface area contributed by atoms with Crippen molar-refractivity contribution in [2.45, 2.75) is 10.8 Å². The van der Waals surface area contributed by atoms with E-state index in [1.807, 2.05) is 0 Å². The first-order chi connectivity index (χ1) is 48.1. The second-order valence-corrected chi connectivity index (χ2v) is 25.8. The largest absolute Gasteiger partial charge is 0.310 e. The maximum atomic E-state index is 2.49. The molecule has 2 aliphatic rings. The second kappa shape index (κ2) is 22.6. The summed E-state index contributed by atoms with van der Waals surface area (Å²) in [4.78, 5) is 4.99. The predicted octanol–water partition coefficient (Wildman–Crippen LogP) is 24.4. The van der Waals surface area contributed by atoms with Gasteiger partial charge in [0.1, 0.15) is 0 Å². The van der Waals surface area contributed by atoms with Crippen LogP contribution >= 0.6 is 0 Å². The van der Waals surface area contributed by atoms with Gasteiger partial charge in [-0.3, -0.25) is 0 Å². The normalized spacial score (nSPS) is 13.1. The molecule has 0 N–H and O–H groups in total. The monoisotopic (exact) mass is 1230 g/mol. The van der Waals surface area contributed by atoms with E-state index in [-0.39, 0.29) is 0 Å². The molecule has 0 spiro atoms. The molecule has 0 atom stereocenters. The number of hydrogen-bond acceptors (Lipinski definition) is 2. The van der Waals surface area contributed by atoms with E-state index in [0.717, 1.165) is 56.5 Å². The minimum atomic E-state index is -0.615. The highest BCUT2D eigenvalue weighted by Crippen LogP contribution is 2.60. The molecular weight excluding hydrogens is 1170 g/mol. The van der Waals surface area contributed by atoms with Crippen molar-refractivity contribution in [3.63, 3.8) is 0 Å². The van der Waals surface area contributed by atoms with Crippen LogP contribution in [0.5, 0.6) is 0 Å². The summed E-state index contributed by atoms with van der Waals surface area (Å²) >= 11 is 0. The van der Waals surface area contributed by atoms with Gasteiger partial charge in [-0.2, -0.15) is 0 Å². The lowest BCUT2D eigenvalue weighted by atomic mass is 9.67. The standard InChI is InChI=1S/C94H63N3/c1-8-30-66(31-9-1)93(67-32-10-2-11-33-67)86-50-28-26-46-79(86)81-55-53-73(62-88(81)93)95(70-38-16-5-17-39-70)75-58-65(64-52-57-90-85(60-64)91-83-48-24-22-44-77(83)78-45-23-25-49-84(78)92(91)97(90)72-42-20-7-21-43-72)59-76(61-75)96(71-40-18-6-19-41-71)74-54-56-82-80-47-27-29-51-87(80)94(89(82)63-74,68-34-12-3-13-35-68)69-36-14-4-15-37-69/h1-63H. The summed E-state index contributed by atoms with van der Waals surface area (Å²) in [5.74, 6) is 0. The smallest absolute Gasteiger partial charge is 0.0714 e. The van der Waals surface area contributed by atoms with Crippen LogP contribution in [0.4, 0.5) is 34.1 Å². The van der Waals surface area contributed by atoms with Crippen LogP contribution in [-0.2, 0) is 10.8 Å². The van der Waals surface area contributed by atoms with Gasteiger partial charge in [-0.05, 0) is 185 Å². The van der Waals surface area contributed by atoms with Crippen LogP contribution in [0.2, 0.25) is 0 Å². The summed E-state index contributed by atoms with van der Waals surface area (Å²) in [5.41, 5.74) is 25.5. The van der Waals surface area contributed by atoms with Crippen LogP contribution in [0.3, 0.4) is 0 Å². The lowest BCUT2D eigenvalue weighted by Gasteiger charge is -2.35. The van der Waals surface area contributed by atoms with Crippen LogP contribution in [0.1, 0.15) is 44.5 Å². The molecule has 0 saturated heterocycles. The molecular formula is C94H63N3. The van der Waals surface area contributed by atoms with Crippen molar-refractivity contribution in [1.82, 2.24) is 4.57 Å². The van der Waals surface area contributed by atoms with E-state index < -0.39 is 10.8 Å². The first kappa shape index (κ1) is 56.0. The zero-order valence-corrected chi connectivity index (χ0v) is 53.2. The van der Waals surface area contributed by atoms with Crippen LogP contribution in [0.25, 0.3) is 82.4 Å². The Morgan fingerprint density at radius 2 is 0.588 bits per heavy atom. The third-order valence-corrected chi connectivity index (χ3v) is 20.8. The Morgan fingerprint density at radius 1 is 0.216 bits per heavy atom. The molecule has 0 amide bonds. The molecule has 1 aromatic heterocycles. The average molecular weight is 1230 g/mol. The molecule has 3 heteroatoms. The van der Waals surface area contributed by atoms with Gasteiger partial charge in [0.2, 0.25) is 0 Å². The molecule has 0 radical (unpaired) electrons. The van der Waals surface area contributed by atoms with Crippen molar-refractivity contribution >= 4 is 77.5 Å². The van der Waals surface area contributed by atoms with Gasteiger partial charge >= 0.3 is 0 Å². The van der Waals surface area contributed by atoms with Gasteiger partial charge in [0.05, 0.1) is 21.9 Å². The Labute approximate surface area is 565 Å². The minimum absolute atomic E-state index is 0.615. The Balaban J connectivity index is 0.902. The third-order valence-electron chi connectivity index (χ3n) is 20.8. The Kier molecular flexibility index (Phi) is 13.0. The number of para-hydroxylation sites is 3. The number of aromatic nitrogens is 1. The van der Waals surface area contributed by atoms with Crippen molar-refractivity contribution in [3.8, 4) is 39.1 Å². The zero-order valence-electron chi connectivity index (χ0n) is 53.2. The van der Waals surface area contributed by atoms with E-state index in [4.69, 9.17) is 0 Å². The number of benzene rings is 16. The molecule has 97 heavy (non-hydrogen) atoms. The predicted molar refractivity (Wildman–Crippen MR) is 405 cm³/mol. The van der Waals surface area contributed by atoms with Crippen LogP contribution in [0.15, 0.2) is 382 Å². The molecule has 1 heterocycles.